The molecule has 1 aliphatic carbocycles. The molecule has 2 nitrogen and oxygen atoms in total. The molecule has 1 N–H and O–H groups in total. The Morgan fingerprint density at radius 3 is 2.00 bits per heavy atom. The Balaban J connectivity index is 2.13. The predicted octanol–water partition coefficient (Wildman–Crippen LogP) is 3.80. The molecule has 1 aromatic carbocycles. The summed E-state index contributed by atoms with van der Waals surface area (Å²) in [6, 6.07) is 7.98. The van der Waals surface area contributed by atoms with Crippen LogP contribution in [-0.2, 0) is 0 Å². The highest BCUT2D eigenvalue weighted by molar-refractivity contribution is 5.94. The second-order valence-electron chi connectivity index (χ2n) is 7.14. The van der Waals surface area contributed by atoms with Crippen LogP contribution >= 0.6 is 0 Å². The Morgan fingerprint density at radius 2 is 1.53 bits per heavy atom. The highest BCUT2D eigenvalue weighted by Crippen LogP contribution is 2.58. The SMILES string of the molecule is Cc1ccc(C(=O)N[C@H]2C(C)(C)[C@H](C)C2(C)C)cc1. The minimum Gasteiger partial charge on any atom is -0.348 e. The van der Waals surface area contributed by atoms with Crippen molar-refractivity contribution in [2.24, 2.45) is 16.7 Å². The molecule has 0 atom stereocenters. The maximum atomic E-state index is 12.3. The summed E-state index contributed by atoms with van der Waals surface area (Å²) in [6.07, 6.45) is 0. The number of benzene rings is 1. The maximum Gasteiger partial charge on any atom is 0.251 e. The van der Waals surface area contributed by atoms with Gasteiger partial charge in [0.25, 0.3) is 5.91 Å². The van der Waals surface area contributed by atoms with E-state index in [1.165, 1.54) is 5.56 Å². The van der Waals surface area contributed by atoms with Gasteiger partial charge in [0.15, 0.2) is 0 Å². The van der Waals surface area contributed by atoms with E-state index in [0.717, 1.165) is 5.56 Å². The average molecular weight is 259 g/mol. The fourth-order valence-electron chi connectivity index (χ4n) is 3.61. The van der Waals surface area contributed by atoms with Gasteiger partial charge in [-0.15, -0.1) is 0 Å². The number of rotatable bonds is 2. The molecule has 0 aromatic heterocycles. The van der Waals surface area contributed by atoms with Crippen molar-refractivity contribution in [2.45, 2.75) is 47.6 Å². The highest BCUT2D eigenvalue weighted by Gasteiger charge is 2.59. The average Bonchev–Trinajstić information content (AvgIpc) is 2.35. The van der Waals surface area contributed by atoms with Crippen molar-refractivity contribution in [2.75, 3.05) is 0 Å². The largest absolute Gasteiger partial charge is 0.348 e. The zero-order valence-corrected chi connectivity index (χ0v) is 12.9. The van der Waals surface area contributed by atoms with Crippen molar-refractivity contribution in [1.29, 1.82) is 0 Å². The zero-order valence-electron chi connectivity index (χ0n) is 12.9. The van der Waals surface area contributed by atoms with Crippen molar-refractivity contribution in [3.63, 3.8) is 0 Å². The number of aryl methyl sites for hydroxylation is 1. The van der Waals surface area contributed by atoms with Crippen molar-refractivity contribution in [3.05, 3.63) is 35.4 Å². The summed E-state index contributed by atoms with van der Waals surface area (Å²) >= 11 is 0. The molecule has 1 saturated carbocycles. The van der Waals surface area contributed by atoms with Crippen molar-refractivity contribution in [1.82, 2.24) is 5.32 Å². The van der Waals surface area contributed by atoms with Crippen molar-refractivity contribution < 1.29 is 4.79 Å². The van der Waals surface area contributed by atoms with E-state index >= 15 is 0 Å². The first-order chi connectivity index (χ1) is 8.67. The molecule has 0 radical (unpaired) electrons. The van der Waals surface area contributed by atoms with Gasteiger partial charge in [0.1, 0.15) is 0 Å². The molecule has 0 saturated heterocycles. The minimum absolute atomic E-state index is 0.0399. The van der Waals surface area contributed by atoms with Crippen molar-refractivity contribution in [3.8, 4) is 0 Å². The lowest BCUT2D eigenvalue weighted by Gasteiger charge is -2.63. The molecule has 1 aromatic rings. The number of hydrogen-bond acceptors (Lipinski definition) is 1. The van der Waals surface area contributed by atoms with Gasteiger partial charge >= 0.3 is 0 Å². The molecular formula is C17H25NO. The monoisotopic (exact) mass is 259 g/mol. The standard InChI is InChI=1S/C17H25NO/c1-11-7-9-13(10-8-11)14(19)18-15-16(3,4)12(2)17(15,5)6/h7-10,12,15H,1-6H3,(H,18,19)/t12-,15-. The van der Waals surface area contributed by atoms with Crippen LogP contribution in [0.2, 0.25) is 0 Å². The van der Waals surface area contributed by atoms with Gasteiger partial charge in [-0.1, -0.05) is 52.3 Å². The first-order valence-electron chi connectivity index (χ1n) is 7.05. The van der Waals surface area contributed by atoms with E-state index in [1.807, 2.05) is 31.2 Å². The van der Waals surface area contributed by atoms with E-state index in [1.54, 1.807) is 0 Å². The van der Waals surface area contributed by atoms with Crippen LogP contribution in [0.15, 0.2) is 24.3 Å². The minimum atomic E-state index is 0.0399. The molecule has 2 heteroatoms. The third-order valence-corrected chi connectivity index (χ3v) is 5.31. The van der Waals surface area contributed by atoms with E-state index in [9.17, 15) is 4.79 Å². The summed E-state index contributed by atoms with van der Waals surface area (Å²) in [7, 11) is 0. The lowest BCUT2D eigenvalue weighted by Crippen LogP contribution is -2.69. The molecular weight excluding hydrogens is 234 g/mol. The van der Waals surface area contributed by atoms with Crippen LogP contribution in [-0.4, -0.2) is 11.9 Å². The van der Waals surface area contributed by atoms with Gasteiger partial charge in [0.2, 0.25) is 0 Å². The molecule has 0 bridgehead atoms. The van der Waals surface area contributed by atoms with Gasteiger partial charge in [-0.25, -0.2) is 0 Å². The molecule has 0 spiro atoms. The number of amides is 1. The molecule has 1 amide bonds. The molecule has 1 fully saturated rings. The molecule has 0 heterocycles. The van der Waals surface area contributed by atoms with Crippen LogP contribution in [0, 0.1) is 23.7 Å². The number of nitrogens with one attached hydrogen (secondary N) is 1. The van der Waals surface area contributed by atoms with Crippen LogP contribution in [0.5, 0.6) is 0 Å². The van der Waals surface area contributed by atoms with Crippen LogP contribution in [0.1, 0.15) is 50.5 Å². The van der Waals surface area contributed by atoms with Gasteiger partial charge in [0, 0.05) is 11.6 Å². The summed E-state index contributed by atoms with van der Waals surface area (Å²) in [6.45, 7) is 13.3. The van der Waals surface area contributed by atoms with E-state index in [2.05, 4.69) is 39.9 Å². The molecule has 0 aliphatic heterocycles. The van der Waals surface area contributed by atoms with E-state index in [4.69, 9.17) is 0 Å². The summed E-state index contributed by atoms with van der Waals surface area (Å²) in [5, 5.41) is 3.22. The first-order valence-corrected chi connectivity index (χ1v) is 7.05. The Bertz CT molecular complexity index is 468. The lowest BCUT2D eigenvalue weighted by atomic mass is 9.45. The molecule has 19 heavy (non-hydrogen) atoms. The molecule has 1 aliphatic rings. The number of hydrogen-bond donors (Lipinski definition) is 1. The molecule has 104 valence electrons. The fraction of sp³-hybridized carbons (Fsp3) is 0.588. The Morgan fingerprint density at radius 1 is 1.05 bits per heavy atom. The maximum absolute atomic E-state index is 12.3. The smallest absolute Gasteiger partial charge is 0.251 e. The highest BCUT2D eigenvalue weighted by atomic mass is 16.1. The van der Waals surface area contributed by atoms with E-state index in [0.29, 0.717) is 5.92 Å². The quantitative estimate of drug-likeness (QED) is 0.860. The lowest BCUT2D eigenvalue weighted by molar-refractivity contribution is -0.110. The van der Waals surface area contributed by atoms with Gasteiger partial charge < -0.3 is 5.32 Å². The number of carbonyl (C=O) groups is 1. The van der Waals surface area contributed by atoms with Crippen LogP contribution in [0.4, 0.5) is 0 Å². The topological polar surface area (TPSA) is 29.1 Å². The zero-order chi connectivity index (χ0) is 14.4. The van der Waals surface area contributed by atoms with Crippen molar-refractivity contribution >= 4 is 5.91 Å². The third kappa shape index (κ3) is 2.18. The van der Waals surface area contributed by atoms with Crippen LogP contribution in [0.25, 0.3) is 0 Å². The Kier molecular flexibility index (Phi) is 3.24. The van der Waals surface area contributed by atoms with E-state index < -0.39 is 0 Å². The Hall–Kier alpha value is -1.31. The summed E-state index contributed by atoms with van der Waals surface area (Å²) in [5.41, 5.74) is 2.24. The normalized spacial score (nSPS) is 27.5. The summed E-state index contributed by atoms with van der Waals surface area (Å²) in [4.78, 5) is 12.3. The van der Waals surface area contributed by atoms with Crippen LogP contribution < -0.4 is 5.32 Å². The summed E-state index contributed by atoms with van der Waals surface area (Å²) in [5.74, 6) is 0.640. The van der Waals surface area contributed by atoms with Gasteiger partial charge in [-0.05, 0) is 35.8 Å². The number of carbonyl (C=O) groups excluding carboxylic acids is 1. The van der Waals surface area contributed by atoms with Crippen LogP contribution in [0.3, 0.4) is 0 Å². The third-order valence-electron chi connectivity index (χ3n) is 5.31. The van der Waals surface area contributed by atoms with Gasteiger partial charge in [-0.3, -0.25) is 4.79 Å². The first kappa shape index (κ1) is 14.1. The molecule has 0 unspecified atom stereocenters. The summed E-state index contributed by atoms with van der Waals surface area (Å²) < 4.78 is 0. The predicted molar refractivity (Wildman–Crippen MR) is 79.2 cm³/mol. The Labute approximate surface area is 116 Å². The second kappa shape index (κ2) is 4.36. The second-order valence-corrected chi connectivity index (χ2v) is 7.14. The van der Waals surface area contributed by atoms with Gasteiger partial charge in [-0.2, -0.15) is 0 Å². The van der Waals surface area contributed by atoms with Gasteiger partial charge in [0.05, 0.1) is 0 Å². The van der Waals surface area contributed by atoms with E-state index in [-0.39, 0.29) is 22.8 Å². The molecule has 2 rings (SSSR count). The fourth-order valence-corrected chi connectivity index (χ4v) is 3.61.